The molecule has 0 fully saturated rings. The van der Waals surface area contributed by atoms with Gasteiger partial charge in [-0.2, -0.15) is 0 Å². The van der Waals surface area contributed by atoms with Crippen LogP contribution in [-0.2, 0) is 0 Å². The molecule has 1 aromatic carbocycles. The largest absolute Gasteiger partial charge is 0.484 e. The fourth-order valence-electron chi connectivity index (χ4n) is 2.24. The second-order valence-electron chi connectivity index (χ2n) is 4.57. The van der Waals surface area contributed by atoms with Crippen molar-refractivity contribution in [2.45, 2.75) is 25.6 Å². The molecular weight excluding hydrogens is 312 g/mol. The lowest BCUT2D eigenvalue weighted by Gasteiger charge is -2.29. The second-order valence-corrected chi connectivity index (χ2v) is 6.43. The number of ether oxygens (including phenoxy) is 1. The Morgan fingerprint density at radius 1 is 1.39 bits per heavy atom. The highest BCUT2D eigenvalue weighted by atomic mass is 79.9. The molecule has 0 bridgehead atoms. The summed E-state index contributed by atoms with van der Waals surface area (Å²) < 4.78 is 7.05. The van der Waals surface area contributed by atoms with Gasteiger partial charge >= 0.3 is 0 Å². The average molecular weight is 325 g/mol. The Hall–Kier alpha value is -0.840. The molecule has 2 atom stereocenters. The van der Waals surface area contributed by atoms with E-state index in [1.165, 1.54) is 0 Å². The fraction of sp³-hybridized carbons (Fsp3) is 0.286. The predicted molar refractivity (Wildman–Crippen MR) is 76.1 cm³/mol. The summed E-state index contributed by atoms with van der Waals surface area (Å²) in [5.74, 6) is 0.800. The normalized spacial score (nSPS) is 22.4. The monoisotopic (exact) mass is 324 g/mol. The maximum Gasteiger partial charge on any atom is 0.136 e. The van der Waals surface area contributed by atoms with Crippen LogP contribution in [0.1, 0.15) is 34.6 Å². The van der Waals surface area contributed by atoms with Gasteiger partial charge in [0.1, 0.15) is 11.9 Å². The van der Waals surface area contributed by atoms with Gasteiger partial charge in [0.2, 0.25) is 0 Å². The first-order chi connectivity index (χ1) is 8.63. The summed E-state index contributed by atoms with van der Waals surface area (Å²) in [6, 6.07) is 8.02. The lowest BCUT2D eigenvalue weighted by Crippen LogP contribution is -2.18. The molecule has 1 aliphatic heterocycles. The second kappa shape index (κ2) is 4.68. The van der Waals surface area contributed by atoms with Gasteiger partial charge in [-0.25, -0.2) is 0 Å². The molecule has 4 heteroatoms. The highest BCUT2D eigenvalue weighted by Crippen LogP contribution is 2.42. The van der Waals surface area contributed by atoms with Crippen molar-refractivity contribution < 1.29 is 9.84 Å². The molecule has 0 aliphatic carbocycles. The third kappa shape index (κ3) is 2.20. The summed E-state index contributed by atoms with van der Waals surface area (Å²) in [7, 11) is 0. The van der Waals surface area contributed by atoms with Crippen LogP contribution in [0.3, 0.4) is 0 Å². The molecule has 18 heavy (non-hydrogen) atoms. The van der Waals surface area contributed by atoms with Gasteiger partial charge in [0.15, 0.2) is 0 Å². The van der Waals surface area contributed by atoms with Crippen LogP contribution in [0.15, 0.2) is 34.1 Å². The highest BCUT2D eigenvalue weighted by molar-refractivity contribution is 9.10. The Morgan fingerprint density at radius 3 is 2.94 bits per heavy atom. The van der Waals surface area contributed by atoms with Crippen LogP contribution in [0, 0.1) is 6.92 Å². The summed E-state index contributed by atoms with van der Waals surface area (Å²) in [4.78, 5) is 1.15. The molecular formula is C14H13BrO2S. The van der Waals surface area contributed by atoms with Crippen LogP contribution in [0.2, 0.25) is 0 Å². The average Bonchev–Trinajstić information content (AvgIpc) is 2.77. The number of halogens is 1. The lowest BCUT2D eigenvalue weighted by atomic mass is 9.97. The summed E-state index contributed by atoms with van der Waals surface area (Å²) in [6.07, 6.45) is 0.120. The maximum atomic E-state index is 10.2. The Morgan fingerprint density at radius 2 is 2.22 bits per heavy atom. The molecule has 3 rings (SSSR count). The van der Waals surface area contributed by atoms with Crippen molar-refractivity contribution >= 4 is 27.3 Å². The van der Waals surface area contributed by atoms with Gasteiger partial charge in [-0.3, -0.25) is 0 Å². The summed E-state index contributed by atoms with van der Waals surface area (Å²) in [5, 5.41) is 12.3. The first-order valence-corrected chi connectivity index (χ1v) is 7.50. The van der Waals surface area contributed by atoms with Gasteiger partial charge in [-0.05, 0) is 41.1 Å². The smallest absolute Gasteiger partial charge is 0.136 e. The van der Waals surface area contributed by atoms with Gasteiger partial charge in [0, 0.05) is 26.7 Å². The van der Waals surface area contributed by atoms with Crippen molar-refractivity contribution in [3.8, 4) is 5.75 Å². The Kier molecular flexibility index (Phi) is 3.18. The SMILES string of the molecule is Cc1ccc2c(c1)C(O)CC(c1cc(Br)cs1)O2. The molecule has 0 spiro atoms. The van der Waals surface area contributed by atoms with E-state index in [1.807, 2.05) is 30.5 Å². The number of hydrogen-bond donors (Lipinski definition) is 1. The number of benzene rings is 1. The number of aliphatic hydroxyl groups excluding tert-OH is 1. The van der Waals surface area contributed by atoms with Crippen molar-refractivity contribution in [3.05, 3.63) is 50.1 Å². The predicted octanol–water partition coefficient (Wildman–Crippen LogP) is 4.38. The quantitative estimate of drug-likeness (QED) is 0.843. The maximum absolute atomic E-state index is 10.2. The molecule has 94 valence electrons. The molecule has 2 unspecified atom stereocenters. The van der Waals surface area contributed by atoms with E-state index in [1.54, 1.807) is 11.3 Å². The first-order valence-electron chi connectivity index (χ1n) is 5.82. The van der Waals surface area contributed by atoms with Crippen molar-refractivity contribution in [1.29, 1.82) is 0 Å². The minimum Gasteiger partial charge on any atom is -0.484 e. The lowest BCUT2D eigenvalue weighted by molar-refractivity contribution is 0.0673. The fourth-order valence-corrected chi connectivity index (χ4v) is 3.72. The van der Waals surface area contributed by atoms with E-state index in [0.29, 0.717) is 6.42 Å². The van der Waals surface area contributed by atoms with Gasteiger partial charge in [-0.1, -0.05) is 11.6 Å². The van der Waals surface area contributed by atoms with Crippen LogP contribution in [-0.4, -0.2) is 5.11 Å². The zero-order valence-corrected chi connectivity index (χ0v) is 12.3. The molecule has 0 amide bonds. The van der Waals surface area contributed by atoms with Crippen molar-refractivity contribution in [1.82, 2.24) is 0 Å². The van der Waals surface area contributed by atoms with Crippen molar-refractivity contribution in [2.24, 2.45) is 0 Å². The van der Waals surface area contributed by atoms with E-state index in [-0.39, 0.29) is 6.10 Å². The Balaban J connectivity index is 1.94. The van der Waals surface area contributed by atoms with Crippen molar-refractivity contribution in [2.75, 3.05) is 0 Å². The number of hydrogen-bond acceptors (Lipinski definition) is 3. The third-order valence-electron chi connectivity index (χ3n) is 3.14. The van der Waals surface area contributed by atoms with E-state index in [4.69, 9.17) is 4.74 Å². The van der Waals surface area contributed by atoms with E-state index in [9.17, 15) is 5.11 Å². The van der Waals surface area contributed by atoms with Gasteiger partial charge in [0.25, 0.3) is 0 Å². The first kappa shape index (κ1) is 12.2. The Bertz CT molecular complexity index is 579. The van der Waals surface area contributed by atoms with E-state index < -0.39 is 6.10 Å². The number of aliphatic hydroxyl groups is 1. The minimum atomic E-state index is -0.445. The molecule has 1 aliphatic rings. The molecule has 2 aromatic rings. The van der Waals surface area contributed by atoms with Crippen LogP contribution in [0.4, 0.5) is 0 Å². The van der Waals surface area contributed by atoms with Crippen molar-refractivity contribution in [3.63, 3.8) is 0 Å². The number of fused-ring (bicyclic) bond motifs is 1. The minimum absolute atomic E-state index is 0.0495. The summed E-state index contributed by atoms with van der Waals surface area (Å²) in [5.41, 5.74) is 2.05. The highest BCUT2D eigenvalue weighted by Gasteiger charge is 2.28. The zero-order valence-electron chi connectivity index (χ0n) is 9.89. The molecule has 2 heterocycles. The van der Waals surface area contributed by atoms with Gasteiger partial charge in [-0.15, -0.1) is 11.3 Å². The van der Waals surface area contributed by atoms with Crippen LogP contribution in [0.5, 0.6) is 5.75 Å². The molecule has 0 radical (unpaired) electrons. The molecule has 1 N–H and O–H groups in total. The number of rotatable bonds is 1. The van der Waals surface area contributed by atoms with E-state index in [0.717, 1.165) is 26.2 Å². The molecule has 2 nitrogen and oxygen atoms in total. The number of aryl methyl sites for hydroxylation is 1. The topological polar surface area (TPSA) is 29.5 Å². The number of thiophene rings is 1. The molecule has 0 saturated carbocycles. The van der Waals surface area contributed by atoms with Gasteiger partial charge < -0.3 is 9.84 Å². The van der Waals surface area contributed by atoms with Crippen LogP contribution < -0.4 is 4.74 Å². The molecule has 1 aromatic heterocycles. The summed E-state index contributed by atoms with van der Waals surface area (Å²) >= 11 is 5.10. The van der Waals surface area contributed by atoms with Gasteiger partial charge in [0.05, 0.1) is 6.10 Å². The van der Waals surface area contributed by atoms with Crippen LogP contribution >= 0.6 is 27.3 Å². The molecule has 0 saturated heterocycles. The van der Waals surface area contributed by atoms with E-state index >= 15 is 0 Å². The Labute approximate surface area is 118 Å². The van der Waals surface area contributed by atoms with E-state index in [2.05, 4.69) is 22.0 Å². The summed E-state index contributed by atoms with van der Waals surface area (Å²) in [6.45, 7) is 2.02. The zero-order chi connectivity index (χ0) is 12.7. The standard InChI is InChI=1S/C14H13BrO2S/c1-8-2-3-12-10(4-8)11(16)6-13(17-12)14-5-9(15)7-18-14/h2-5,7,11,13,16H,6H2,1H3. The third-order valence-corrected chi connectivity index (χ3v) is 4.92. The van der Waals surface area contributed by atoms with Crippen LogP contribution in [0.25, 0.3) is 0 Å².